The summed E-state index contributed by atoms with van der Waals surface area (Å²) in [4.78, 5) is 54.8. The molecule has 13 nitrogen and oxygen atoms in total. The number of piperazine rings is 1. The zero-order valence-corrected chi connectivity index (χ0v) is 23.8. The lowest BCUT2D eigenvalue weighted by atomic mass is 10.2. The first-order chi connectivity index (χ1) is 19.8. The van der Waals surface area contributed by atoms with Gasteiger partial charge in [0.2, 0.25) is 5.95 Å². The Morgan fingerprint density at radius 2 is 1.88 bits per heavy atom. The van der Waals surface area contributed by atoms with Crippen LogP contribution in [0, 0.1) is 6.92 Å². The quantitative estimate of drug-likeness (QED) is 0.174. The van der Waals surface area contributed by atoms with E-state index in [1.807, 2.05) is 25.1 Å². The minimum absolute atomic E-state index is 0.00371. The van der Waals surface area contributed by atoms with Crippen molar-refractivity contribution in [2.24, 2.45) is 0 Å². The van der Waals surface area contributed by atoms with Crippen molar-refractivity contribution in [2.45, 2.75) is 13.3 Å². The van der Waals surface area contributed by atoms with Crippen LogP contribution in [0.25, 0.3) is 11.0 Å². The van der Waals surface area contributed by atoms with Gasteiger partial charge in [0, 0.05) is 49.0 Å². The zero-order chi connectivity index (χ0) is 28.9. The third kappa shape index (κ3) is 6.84. The number of benzene rings is 2. The predicted molar refractivity (Wildman–Crippen MR) is 156 cm³/mol. The number of hydrogen-bond donors (Lipinski definition) is 5. The van der Waals surface area contributed by atoms with E-state index in [-0.39, 0.29) is 17.3 Å². The highest BCUT2D eigenvalue weighted by molar-refractivity contribution is 9.10. The molecular formula is C27H29BrN8O5. The molecule has 0 saturated carbocycles. The van der Waals surface area contributed by atoms with Gasteiger partial charge in [-0.15, -0.1) is 0 Å². The molecule has 214 valence electrons. The summed E-state index contributed by atoms with van der Waals surface area (Å²) in [6.45, 7) is 5.68. The topological polar surface area (TPSA) is 169 Å². The van der Waals surface area contributed by atoms with Crippen LogP contribution in [0.5, 0.6) is 5.75 Å². The van der Waals surface area contributed by atoms with Gasteiger partial charge in [-0.2, -0.15) is 0 Å². The number of aromatic amines is 2. The molecule has 1 aliphatic rings. The van der Waals surface area contributed by atoms with Crippen LogP contribution in [-0.4, -0.2) is 92.1 Å². The molecular weight excluding hydrogens is 596 g/mol. The lowest BCUT2D eigenvalue weighted by molar-refractivity contribution is 0.0985. The van der Waals surface area contributed by atoms with Crippen LogP contribution >= 0.6 is 15.9 Å². The van der Waals surface area contributed by atoms with Gasteiger partial charge >= 0.3 is 6.09 Å². The standard InChI is InChI=1S/C27H29BrN8O5/c1-16-3-4-17(28)13-20(16)31-24(37)22-23(30-15-29-22)25(38)34-26-32-19-6-5-18(14-21(19)33-26)41-12-2-7-35-8-10-36(11-9-35)27(39)40/h3-6,13-15H,2,7-12H2,1H3,(H,29,30)(H,31,37)(H,39,40)(H2,32,33,34,38). The molecule has 3 amide bonds. The highest BCUT2D eigenvalue weighted by atomic mass is 79.9. The van der Waals surface area contributed by atoms with Crippen LogP contribution in [0.2, 0.25) is 0 Å². The first kappa shape index (κ1) is 28.1. The summed E-state index contributed by atoms with van der Waals surface area (Å²) < 4.78 is 6.70. The Morgan fingerprint density at radius 1 is 1.07 bits per heavy atom. The fourth-order valence-electron chi connectivity index (χ4n) is 4.50. The molecule has 4 aromatic rings. The largest absolute Gasteiger partial charge is 0.493 e. The fraction of sp³-hybridized carbons (Fsp3) is 0.296. The van der Waals surface area contributed by atoms with Gasteiger partial charge in [-0.1, -0.05) is 22.0 Å². The summed E-state index contributed by atoms with van der Waals surface area (Å²) in [6.07, 6.45) is 1.22. The number of fused-ring (bicyclic) bond motifs is 1. The maximum absolute atomic E-state index is 13.0. The van der Waals surface area contributed by atoms with Gasteiger partial charge in [0.05, 0.1) is 24.0 Å². The number of aryl methyl sites for hydroxylation is 1. The molecule has 5 rings (SSSR count). The number of carbonyl (C=O) groups excluding carboxylic acids is 2. The molecule has 5 N–H and O–H groups in total. The second-order valence-corrected chi connectivity index (χ2v) is 10.5. The molecule has 0 bridgehead atoms. The Labute approximate surface area is 243 Å². The van der Waals surface area contributed by atoms with E-state index < -0.39 is 17.9 Å². The minimum Gasteiger partial charge on any atom is -0.493 e. The number of imidazole rings is 2. The Bertz CT molecular complexity index is 1580. The van der Waals surface area contributed by atoms with Crippen LogP contribution in [0.3, 0.4) is 0 Å². The number of halogens is 1. The number of ether oxygens (including phenoxy) is 1. The molecule has 0 atom stereocenters. The van der Waals surface area contributed by atoms with E-state index in [1.54, 1.807) is 18.2 Å². The first-order valence-corrected chi connectivity index (χ1v) is 13.8. The Morgan fingerprint density at radius 3 is 2.66 bits per heavy atom. The number of carboxylic acid groups (broad SMARTS) is 1. The number of hydrogen-bond acceptors (Lipinski definition) is 7. The van der Waals surface area contributed by atoms with E-state index in [9.17, 15) is 14.4 Å². The van der Waals surface area contributed by atoms with E-state index in [1.165, 1.54) is 11.2 Å². The van der Waals surface area contributed by atoms with Crippen molar-refractivity contribution < 1.29 is 24.2 Å². The molecule has 0 spiro atoms. The second kappa shape index (κ2) is 12.4. The van der Waals surface area contributed by atoms with Crippen LogP contribution in [-0.2, 0) is 0 Å². The highest BCUT2D eigenvalue weighted by Crippen LogP contribution is 2.23. The number of anilines is 2. The van der Waals surface area contributed by atoms with Crippen LogP contribution in [0.15, 0.2) is 47.2 Å². The molecule has 0 aliphatic carbocycles. The zero-order valence-electron chi connectivity index (χ0n) is 22.2. The Hall–Kier alpha value is -4.43. The summed E-state index contributed by atoms with van der Waals surface area (Å²) in [5.41, 5.74) is 2.74. The third-order valence-corrected chi connectivity index (χ3v) is 7.24. The SMILES string of the molecule is Cc1ccc(Br)cc1NC(=O)c1nc[nH]c1C(=O)Nc1nc2ccc(OCCCN3CCN(C(=O)O)CC3)cc2[nH]1. The van der Waals surface area contributed by atoms with E-state index >= 15 is 0 Å². The molecule has 2 aromatic heterocycles. The van der Waals surface area contributed by atoms with Gasteiger partial charge in [0.25, 0.3) is 11.8 Å². The molecule has 1 saturated heterocycles. The van der Waals surface area contributed by atoms with Gasteiger partial charge in [0.15, 0.2) is 5.69 Å². The number of H-pyrrole nitrogens is 2. The van der Waals surface area contributed by atoms with Gasteiger partial charge in [-0.05, 0) is 43.2 Å². The third-order valence-electron chi connectivity index (χ3n) is 6.74. The maximum Gasteiger partial charge on any atom is 0.407 e. The number of rotatable bonds is 9. The van der Waals surface area contributed by atoms with Crippen molar-refractivity contribution in [2.75, 3.05) is 50.0 Å². The highest BCUT2D eigenvalue weighted by Gasteiger charge is 2.22. The predicted octanol–water partition coefficient (Wildman–Crippen LogP) is 3.93. The molecule has 0 radical (unpaired) electrons. The van der Waals surface area contributed by atoms with E-state index in [0.717, 1.165) is 36.1 Å². The smallest absolute Gasteiger partial charge is 0.407 e. The van der Waals surface area contributed by atoms with Crippen molar-refractivity contribution in [3.63, 3.8) is 0 Å². The van der Waals surface area contributed by atoms with Crippen molar-refractivity contribution in [3.8, 4) is 5.75 Å². The molecule has 1 aliphatic heterocycles. The van der Waals surface area contributed by atoms with E-state index in [0.29, 0.717) is 42.2 Å². The fourth-order valence-corrected chi connectivity index (χ4v) is 4.86. The van der Waals surface area contributed by atoms with E-state index in [4.69, 9.17) is 9.84 Å². The molecule has 0 unspecified atom stereocenters. The maximum atomic E-state index is 13.0. The summed E-state index contributed by atoms with van der Waals surface area (Å²) in [6, 6.07) is 10.9. The average molecular weight is 625 g/mol. The van der Waals surface area contributed by atoms with Crippen molar-refractivity contribution in [3.05, 3.63) is 64.1 Å². The number of nitrogens with zero attached hydrogens (tertiary/aromatic N) is 4. The first-order valence-electron chi connectivity index (χ1n) is 13.0. The summed E-state index contributed by atoms with van der Waals surface area (Å²) >= 11 is 3.39. The van der Waals surface area contributed by atoms with Crippen molar-refractivity contribution in [1.29, 1.82) is 0 Å². The van der Waals surface area contributed by atoms with Crippen LogP contribution < -0.4 is 15.4 Å². The van der Waals surface area contributed by atoms with Gasteiger partial charge < -0.3 is 30.0 Å². The van der Waals surface area contributed by atoms with E-state index in [2.05, 4.69) is 51.4 Å². The summed E-state index contributed by atoms with van der Waals surface area (Å²) in [5.74, 6) is -0.221. The molecule has 14 heteroatoms. The molecule has 3 heterocycles. The Balaban J connectivity index is 1.15. The number of carbonyl (C=O) groups is 3. The average Bonchev–Trinajstić information content (AvgIpc) is 3.60. The second-order valence-electron chi connectivity index (χ2n) is 9.57. The Kier molecular flexibility index (Phi) is 8.50. The van der Waals surface area contributed by atoms with Crippen LogP contribution in [0.1, 0.15) is 33.0 Å². The molecule has 41 heavy (non-hydrogen) atoms. The summed E-state index contributed by atoms with van der Waals surface area (Å²) in [7, 11) is 0. The van der Waals surface area contributed by atoms with Crippen molar-refractivity contribution >= 4 is 56.5 Å². The minimum atomic E-state index is -0.870. The normalized spacial score (nSPS) is 13.8. The lowest BCUT2D eigenvalue weighted by Gasteiger charge is -2.32. The van der Waals surface area contributed by atoms with Crippen molar-refractivity contribution in [1.82, 2.24) is 29.7 Å². The molecule has 1 fully saturated rings. The van der Waals surface area contributed by atoms with Crippen LogP contribution in [0.4, 0.5) is 16.4 Å². The van der Waals surface area contributed by atoms with Gasteiger partial charge in [0.1, 0.15) is 11.4 Å². The number of nitrogens with one attached hydrogen (secondary N) is 4. The lowest BCUT2D eigenvalue weighted by Crippen LogP contribution is -2.48. The number of amides is 3. The van der Waals surface area contributed by atoms with Gasteiger partial charge in [-0.25, -0.2) is 14.8 Å². The molecule has 2 aromatic carbocycles. The monoisotopic (exact) mass is 624 g/mol. The summed E-state index contributed by atoms with van der Waals surface area (Å²) in [5, 5.41) is 14.5. The number of aromatic nitrogens is 4. The van der Waals surface area contributed by atoms with Gasteiger partial charge in [-0.3, -0.25) is 19.8 Å².